The van der Waals surface area contributed by atoms with Gasteiger partial charge in [0.25, 0.3) is 0 Å². The molecule has 0 spiro atoms. The van der Waals surface area contributed by atoms with Crippen molar-refractivity contribution >= 4 is 11.4 Å². The number of nitrogen functional groups attached to an aromatic ring is 1. The van der Waals surface area contributed by atoms with Crippen molar-refractivity contribution in [2.45, 2.75) is 19.3 Å². The van der Waals surface area contributed by atoms with Crippen LogP contribution in [0.4, 0.5) is 11.4 Å². The number of nitrogens with two attached hydrogens (primary N) is 1. The Hall–Kier alpha value is -1.26. The summed E-state index contributed by atoms with van der Waals surface area (Å²) in [6.07, 6.45) is 0.206. The molecular formula is C10H16N2O2. The lowest BCUT2D eigenvalue weighted by Gasteiger charge is -2.33. The molecule has 14 heavy (non-hydrogen) atoms. The predicted octanol–water partition coefficient (Wildman–Crippen LogP) is 0.753. The van der Waals surface area contributed by atoms with E-state index in [1.807, 2.05) is 0 Å². The highest BCUT2D eigenvalue weighted by Gasteiger charge is 2.27. The number of anilines is 2. The summed E-state index contributed by atoms with van der Waals surface area (Å²) in [4.78, 5) is 1.35. The summed E-state index contributed by atoms with van der Waals surface area (Å²) in [6, 6.07) is 7.06. The van der Waals surface area contributed by atoms with Gasteiger partial charge in [-0.05, 0) is 12.1 Å². The van der Waals surface area contributed by atoms with Gasteiger partial charge in [0, 0.05) is 13.5 Å². The topological polar surface area (TPSA) is 69.7 Å². The zero-order valence-electron chi connectivity index (χ0n) is 8.44. The third-order valence-corrected chi connectivity index (χ3v) is 2.31. The fourth-order valence-electron chi connectivity index (χ4n) is 1.22. The maximum Gasteiger partial charge on any atom is 0.246 e. The van der Waals surface area contributed by atoms with Gasteiger partial charge in [0.15, 0.2) is 0 Å². The minimum atomic E-state index is -1.85. The molecule has 0 aliphatic carbocycles. The molecule has 0 heterocycles. The Bertz CT molecular complexity index is 313. The van der Waals surface area contributed by atoms with E-state index in [0.717, 1.165) is 0 Å². The molecule has 0 saturated carbocycles. The van der Waals surface area contributed by atoms with Crippen molar-refractivity contribution < 1.29 is 10.2 Å². The van der Waals surface area contributed by atoms with E-state index in [2.05, 4.69) is 0 Å². The van der Waals surface area contributed by atoms with Gasteiger partial charge in [-0.2, -0.15) is 0 Å². The van der Waals surface area contributed by atoms with Crippen LogP contribution in [-0.4, -0.2) is 23.2 Å². The molecule has 0 amide bonds. The normalized spacial score (nSPS) is 11.4. The van der Waals surface area contributed by atoms with Crippen molar-refractivity contribution in [3.05, 3.63) is 24.3 Å². The van der Waals surface area contributed by atoms with Crippen molar-refractivity contribution in [2.24, 2.45) is 0 Å². The molecule has 0 aromatic heterocycles. The molecule has 0 atom stereocenters. The minimum absolute atomic E-state index is 0.206. The van der Waals surface area contributed by atoms with Crippen LogP contribution < -0.4 is 10.6 Å². The van der Waals surface area contributed by atoms with Crippen LogP contribution in [0.5, 0.6) is 0 Å². The first-order valence-corrected chi connectivity index (χ1v) is 4.52. The Balaban J connectivity index is 3.00. The number of hydrogen-bond acceptors (Lipinski definition) is 4. The summed E-state index contributed by atoms with van der Waals surface area (Å²) in [6.45, 7) is 1.69. The number of nitrogens with zero attached hydrogens (tertiary/aromatic N) is 1. The molecule has 4 heteroatoms. The molecule has 0 fully saturated rings. The molecule has 4 N–H and O–H groups in total. The van der Waals surface area contributed by atoms with E-state index in [1.165, 1.54) is 4.90 Å². The second-order valence-corrected chi connectivity index (χ2v) is 3.25. The van der Waals surface area contributed by atoms with E-state index < -0.39 is 5.91 Å². The van der Waals surface area contributed by atoms with Crippen LogP contribution in [0.1, 0.15) is 13.3 Å². The summed E-state index contributed by atoms with van der Waals surface area (Å²) in [7, 11) is 1.59. The van der Waals surface area contributed by atoms with E-state index in [9.17, 15) is 10.2 Å². The SMILES string of the molecule is CCC(O)(O)N(C)c1ccccc1N. The molecule has 1 rings (SSSR count). The number of para-hydroxylation sites is 2. The van der Waals surface area contributed by atoms with E-state index in [-0.39, 0.29) is 6.42 Å². The molecule has 1 aromatic rings. The highest BCUT2D eigenvalue weighted by molar-refractivity contribution is 5.67. The molecule has 4 nitrogen and oxygen atoms in total. The zero-order valence-corrected chi connectivity index (χ0v) is 8.44. The van der Waals surface area contributed by atoms with Crippen molar-refractivity contribution in [1.82, 2.24) is 0 Å². The maximum atomic E-state index is 9.60. The van der Waals surface area contributed by atoms with Crippen LogP contribution in [0.25, 0.3) is 0 Å². The first-order valence-electron chi connectivity index (χ1n) is 4.52. The Morgan fingerprint density at radius 3 is 2.43 bits per heavy atom. The fraction of sp³-hybridized carbons (Fsp3) is 0.400. The highest BCUT2D eigenvalue weighted by Crippen LogP contribution is 2.26. The highest BCUT2D eigenvalue weighted by atomic mass is 16.5. The van der Waals surface area contributed by atoms with E-state index >= 15 is 0 Å². The lowest BCUT2D eigenvalue weighted by Crippen LogP contribution is -2.46. The standard InChI is InChI=1S/C10H16N2O2/c1-3-10(13,14)12(2)9-7-5-4-6-8(9)11/h4-7,13-14H,3,11H2,1-2H3. The molecule has 0 aliphatic heterocycles. The Kier molecular flexibility index (Phi) is 2.98. The number of benzene rings is 1. The van der Waals surface area contributed by atoms with Crippen LogP contribution in [0.3, 0.4) is 0 Å². The molecule has 0 saturated heterocycles. The van der Waals surface area contributed by atoms with Crippen LogP contribution in [-0.2, 0) is 0 Å². The molecule has 0 bridgehead atoms. The minimum Gasteiger partial charge on any atom is -0.397 e. The Labute approximate surface area is 83.6 Å². The molecule has 0 aliphatic rings. The second kappa shape index (κ2) is 3.86. The van der Waals surface area contributed by atoms with Crippen LogP contribution in [0, 0.1) is 0 Å². The van der Waals surface area contributed by atoms with Crippen LogP contribution >= 0.6 is 0 Å². The number of rotatable bonds is 3. The van der Waals surface area contributed by atoms with E-state index in [4.69, 9.17) is 5.73 Å². The average molecular weight is 196 g/mol. The summed E-state index contributed by atoms with van der Waals surface area (Å²) in [5, 5.41) is 19.2. The largest absolute Gasteiger partial charge is 0.397 e. The Morgan fingerprint density at radius 1 is 1.36 bits per heavy atom. The molecule has 78 valence electrons. The second-order valence-electron chi connectivity index (χ2n) is 3.25. The number of aliphatic hydroxyl groups is 2. The molecule has 0 radical (unpaired) electrons. The maximum absolute atomic E-state index is 9.60. The first-order chi connectivity index (χ1) is 6.49. The van der Waals surface area contributed by atoms with Gasteiger partial charge in [0.1, 0.15) is 0 Å². The van der Waals surface area contributed by atoms with Gasteiger partial charge in [-0.15, -0.1) is 0 Å². The van der Waals surface area contributed by atoms with Gasteiger partial charge in [0.2, 0.25) is 5.91 Å². The summed E-state index contributed by atoms with van der Waals surface area (Å²) < 4.78 is 0. The van der Waals surface area contributed by atoms with Crippen molar-refractivity contribution in [2.75, 3.05) is 17.7 Å². The third kappa shape index (κ3) is 1.97. The van der Waals surface area contributed by atoms with Gasteiger partial charge < -0.3 is 20.8 Å². The summed E-state index contributed by atoms with van der Waals surface area (Å²) in [5.74, 6) is -1.85. The zero-order chi connectivity index (χ0) is 10.8. The van der Waals surface area contributed by atoms with Crippen LogP contribution in [0.15, 0.2) is 24.3 Å². The summed E-state index contributed by atoms with van der Waals surface area (Å²) >= 11 is 0. The van der Waals surface area contributed by atoms with Crippen molar-refractivity contribution in [1.29, 1.82) is 0 Å². The fourth-order valence-corrected chi connectivity index (χ4v) is 1.22. The van der Waals surface area contributed by atoms with Crippen LogP contribution in [0.2, 0.25) is 0 Å². The van der Waals surface area contributed by atoms with Crippen molar-refractivity contribution in [3.8, 4) is 0 Å². The summed E-state index contributed by atoms with van der Waals surface area (Å²) in [5.41, 5.74) is 6.84. The quantitative estimate of drug-likeness (QED) is 0.493. The van der Waals surface area contributed by atoms with Gasteiger partial charge in [-0.1, -0.05) is 19.1 Å². The lowest BCUT2D eigenvalue weighted by atomic mass is 10.2. The Morgan fingerprint density at radius 2 is 1.93 bits per heavy atom. The van der Waals surface area contributed by atoms with Gasteiger partial charge in [-0.3, -0.25) is 0 Å². The average Bonchev–Trinajstić information content (AvgIpc) is 2.17. The molecule has 1 aromatic carbocycles. The van der Waals surface area contributed by atoms with Gasteiger partial charge in [-0.25, -0.2) is 0 Å². The van der Waals surface area contributed by atoms with Gasteiger partial charge in [0.05, 0.1) is 11.4 Å². The molecular weight excluding hydrogens is 180 g/mol. The smallest absolute Gasteiger partial charge is 0.246 e. The molecule has 0 unspecified atom stereocenters. The predicted molar refractivity (Wildman–Crippen MR) is 56.7 cm³/mol. The number of hydrogen-bond donors (Lipinski definition) is 3. The monoisotopic (exact) mass is 196 g/mol. The van der Waals surface area contributed by atoms with Crippen molar-refractivity contribution in [3.63, 3.8) is 0 Å². The van der Waals surface area contributed by atoms with Gasteiger partial charge >= 0.3 is 0 Å². The van der Waals surface area contributed by atoms with E-state index in [1.54, 1.807) is 38.2 Å². The lowest BCUT2D eigenvalue weighted by molar-refractivity contribution is -0.159. The third-order valence-electron chi connectivity index (χ3n) is 2.31. The first kappa shape index (κ1) is 10.8. The van der Waals surface area contributed by atoms with E-state index in [0.29, 0.717) is 11.4 Å².